The van der Waals surface area contributed by atoms with Gasteiger partial charge in [0.25, 0.3) is 0 Å². The molecule has 4 heterocycles. The van der Waals surface area contributed by atoms with E-state index in [4.69, 9.17) is 5.11 Å². The van der Waals surface area contributed by atoms with Crippen molar-refractivity contribution in [2.75, 3.05) is 13.1 Å². The van der Waals surface area contributed by atoms with Crippen LogP contribution < -0.4 is 18.6 Å². The third-order valence-corrected chi connectivity index (χ3v) is 7.38. The number of carboxylic acid groups (broad SMARTS) is 1. The molecule has 0 radical (unpaired) electrons. The molecule has 0 unspecified atom stereocenters. The molecule has 4 aromatic rings. The van der Waals surface area contributed by atoms with Crippen molar-refractivity contribution in [2.24, 2.45) is 0 Å². The molecule has 63 heavy (non-hydrogen) atoms. The van der Waals surface area contributed by atoms with E-state index >= 15 is 0 Å². The number of carbonyl (C=O) groups is 2. The molecular weight excluding hydrogens is 1470 g/mol. The normalized spacial score (nSPS) is 12.7. The fraction of sp³-hybridized carbons (Fsp3) is 0.364. The number of alkyl halides is 6. The van der Waals surface area contributed by atoms with Crippen LogP contribution in [0.4, 0.5) is 52.7 Å². The number of benzene rings is 2. The maximum atomic E-state index is 13.6. The van der Waals surface area contributed by atoms with Gasteiger partial charge in [-0.1, -0.05) is 14.9 Å². The molecule has 0 spiro atoms. The number of fused-ring (bicyclic) bond motifs is 2. The number of carbonyl (C=O) groups excluding carboxylic acids is 1. The topological polar surface area (TPSA) is 151 Å². The maximum absolute atomic E-state index is 13.6. The van der Waals surface area contributed by atoms with Gasteiger partial charge in [0.1, 0.15) is 23.2 Å². The Kier molecular flexibility index (Phi) is 31.6. The molecule has 3 N–H and O–H groups in total. The van der Waals surface area contributed by atoms with Gasteiger partial charge in [-0.25, -0.2) is 26.3 Å². The first-order valence-electron chi connectivity index (χ1n) is 15.4. The summed E-state index contributed by atoms with van der Waals surface area (Å²) in [4.78, 5) is 23.4. The van der Waals surface area contributed by atoms with Crippen molar-refractivity contribution in [3.05, 3.63) is 113 Å². The summed E-state index contributed by atoms with van der Waals surface area (Å²) in [5.41, 5.74) is -0.736. The molecule has 2 aliphatic rings. The Balaban J connectivity index is -0.000000868. The molecule has 2 aromatic heterocycles. The van der Waals surface area contributed by atoms with Crippen LogP contribution in [0.25, 0.3) is 0 Å². The maximum Gasteiger partial charge on any atom is 0.451 e. The number of hydrogen-bond acceptors (Lipinski definition) is 8. The number of allylic oxidation sites excluding steroid dienone is 1. The van der Waals surface area contributed by atoms with E-state index in [1.54, 1.807) is 0 Å². The molecule has 6 rings (SSSR count). The van der Waals surface area contributed by atoms with E-state index in [1.807, 2.05) is 0 Å². The second kappa shape index (κ2) is 30.4. The van der Waals surface area contributed by atoms with Crippen molar-refractivity contribution < 1.29 is 85.7 Å². The van der Waals surface area contributed by atoms with E-state index in [9.17, 15) is 67.4 Å². The van der Waals surface area contributed by atoms with Crippen molar-refractivity contribution >= 4 is 98.7 Å². The van der Waals surface area contributed by atoms with E-state index < -0.39 is 89.4 Å². The van der Waals surface area contributed by atoms with E-state index in [0.717, 1.165) is 20.1 Å². The number of aliphatic carboxylic acids is 1. The second-order valence-electron chi connectivity index (χ2n) is 11.3. The minimum Gasteiger partial charge on any atom is -0.512 e. The van der Waals surface area contributed by atoms with Crippen LogP contribution in [0.2, 0.25) is 0 Å². The molecule has 2 aliphatic heterocycles. The number of rotatable bonds is 5. The number of aromatic nitrogens is 6. The average molecular weight is 1510 g/mol. The zero-order chi connectivity index (χ0) is 44.8. The molecule has 30 heteroatoms. The average Bonchev–Trinajstić information content (AvgIpc) is 3.80. The fourth-order valence-corrected chi connectivity index (χ4v) is 4.90. The predicted molar refractivity (Wildman–Crippen MR) is 239 cm³/mol. The number of carboxylic acids is 1. The van der Waals surface area contributed by atoms with Crippen molar-refractivity contribution in [1.82, 2.24) is 39.7 Å². The summed E-state index contributed by atoms with van der Waals surface area (Å²) in [6.07, 6.45) is -9.58. The fourth-order valence-electron chi connectivity index (χ4n) is 4.90. The number of aliphatic hydroxyl groups excluding tert-OH is 1. The van der Waals surface area contributed by atoms with Crippen LogP contribution in [-0.4, -0.2) is 69.6 Å². The predicted octanol–water partition coefficient (Wildman–Crippen LogP) is 7.56. The van der Waals surface area contributed by atoms with Gasteiger partial charge in [0.15, 0.2) is 29.1 Å². The summed E-state index contributed by atoms with van der Waals surface area (Å²) in [5, 5.41) is 34.1. The number of aliphatic hydroxyl groups is 1. The SMILES string of the molecule is C.C.Cl.FC(F)(F)c1nnc2n1CCNC2.II.I[I-]I.O=C(C=C(O)Cc1cc(F)c(F)cc1F)N1CCn2c(nnc2C(F)(F)F)C1.O=C(O)Cc1cc(F)c(F)cc1F.[CH3+]. The zero-order valence-electron chi connectivity index (χ0n) is 30.2. The second-order valence-corrected chi connectivity index (χ2v) is 27.5. The smallest absolute Gasteiger partial charge is 0.451 e. The van der Waals surface area contributed by atoms with Crippen molar-refractivity contribution in [1.29, 1.82) is 0 Å². The monoisotopic (exact) mass is 1510 g/mol. The zero-order valence-corrected chi connectivity index (χ0v) is 41.8. The molecule has 0 bridgehead atoms. The third-order valence-electron chi connectivity index (χ3n) is 7.38. The standard InChI is InChI=1S/C16H12F6N4O2.C8H5F3O2.C6H7F3N4.2CH4.CH3.ClH.I3.I2/c17-10-6-12(19)11(18)4-8(10)3-9(27)5-14(28)25-1-2-26-13(7-25)23-24-15(26)16(20,21)22;9-5-3-7(11)6(10)1-4(5)2-8(12)13;7-6(8,9)5-12-11-4-3-10-1-2-13(4)5;;;;;1-3-2;1-2/h4-6,27H,1-3,7H2;1,3H,2H2,(H,12,13);10H,1-3H2;2*1H4;1H3;1H;;/q;;;;;+1;;-1;. The van der Waals surface area contributed by atoms with Gasteiger partial charge in [0.2, 0.25) is 17.6 Å². The third kappa shape index (κ3) is 20.3. The summed E-state index contributed by atoms with van der Waals surface area (Å²) in [7, 11) is 0. The van der Waals surface area contributed by atoms with Crippen LogP contribution in [0.1, 0.15) is 49.3 Å². The van der Waals surface area contributed by atoms with Gasteiger partial charge in [-0.3, -0.25) is 9.59 Å². The minimum atomic E-state index is -4.68. The van der Waals surface area contributed by atoms with Crippen molar-refractivity contribution in [2.45, 2.75) is 66.2 Å². The summed E-state index contributed by atoms with van der Waals surface area (Å²) in [6, 6.07) is 1.74. The quantitative estimate of drug-likeness (QED) is 0.0460. The Morgan fingerprint density at radius 1 is 0.698 bits per heavy atom. The molecule has 0 saturated carbocycles. The molecule has 0 aliphatic carbocycles. The van der Waals surface area contributed by atoms with Gasteiger partial charge in [0, 0.05) is 101 Å². The van der Waals surface area contributed by atoms with Crippen LogP contribution in [0.15, 0.2) is 36.1 Å². The minimum absolute atomic E-state index is 0. The summed E-state index contributed by atoms with van der Waals surface area (Å²) < 4.78 is 154. The number of hydrogen-bond donors (Lipinski definition) is 3. The molecule has 0 fully saturated rings. The van der Waals surface area contributed by atoms with E-state index in [0.29, 0.717) is 56.4 Å². The molecular formula is C33H36ClF12I5N8O4. The van der Waals surface area contributed by atoms with Crippen LogP contribution in [0.5, 0.6) is 0 Å². The van der Waals surface area contributed by atoms with Crippen LogP contribution >= 0.6 is 86.9 Å². The van der Waals surface area contributed by atoms with Gasteiger partial charge in [-0.2, -0.15) is 26.3 Å². The van der Waals surface area contributed by atoms with Gasteiger partial charge in [-0.05, 0) is 17.7 Å². The van der Waals surface area contributed by atoms with E-state index in [-0.39, 0.29) is 77.8 Å². The summed E-state index contributed by atoms with van der Waals surface area (Å²) in [5.74, 6) is -11.9. The summed E-state index contributed by atoms with van der Waals surface area (Å²) >= 11 is 9.54. The van der Waals surface area contributed by atoms with Crippen molar-refractivity contribution in [3.8, 4) is 0 Å². The Bertz CT molecular complexity index is 2100. The summed E-state index contributed by atoms with van der Waals surface area (Å²) in [6.45, 7) is 0.575. The Morgan fingerprint density at radius 2 is 1.11 bits per heavy atom. The molecule has 0 saturated heterocycles. The first-order chi connectivity index (χ1) is 27.6. The van der Waals surface area contributed by atoms with Gasteiger partial charge >= 0.3 is 68.8 Å². The molecule has 358 valence electrons. The molecule has 2 aromatic carbocycles. The first kappa shape index (κ1) is 65.4. The largest absolute Gasteiger partial charge is 0.512 e. The first-order valence-corrected chi connectivity index (χ1v) is 34.3. The van der Waals surface area contributed by atoms with Gasteiger partial charge in [0.05, 0.1) is 19.5 Å². The van der Waals surface area contributed by atoms with Gasteiger partial charge in [-0.15, -0.1) is 32.8 Å². The number of nitrogens with zero attached hydrogens (tertiary/aromatic N) is 7. The van der Waals surface area contributed by atoms with Crippen molar-refractivity contribution in [3.63, 3.8) is 0 Å². The molecule has 12 nitrogen and oxygen atoms in total. The van der Waals surface area contributed by atoms with Crippen LogP contribution in [0, 0.1) is 42.3 Å². The molecule has 0 atom stereocenters. The molecule has 1 amide bonds. The van der Waals surface area contributed by atoms with Crippen LogP contribution in [0.3, 0.4) is 0 Å². The van der Waals surface area contributed by atoms with E-state index in [2.05, 4.69) is 100 Å². The Labute approximate surface area is 412 Å². The number of nitrogens with one attached hydrogen (secondary N) is 1. The Hall–Kier alpha value is -1.87. The number of amides is 1. The van der Waals surface area contributed by atoms with E-state index in [1.165, 1.54) is 0 Å². The number of halogens is 18. The Morgan fingerprint density at radius 3 is 1.56 bits per heavy atom. The van der Waals surface area contributed by atoms with Crippen LogP contribution in [-0.2, 0) is 61.0 Å². The van der Waals surface area contributed by atoms with Gasteiger partial charge < -0.3 is 29.6 Å².